The van der Waals surface area contributed by atoms with E-state index in [-0.39, 0.29) is 11.1 Å². The number of methoxy groups -OCH3 is 1. The van der Waals surface area contributed by atoms with E-state index in [4.69, 9.17) is 9.47 Å². The normalized spacial score (nSPS) is 22.0. The zero-order valence-corrected chi connectivity index (χ0v) is 20.3. The third kappa shape index (κ3) is 5.92. The molecule has 31 heavy (non-hydrogen) atoms. The maximum Gasteiger partial charge on any atom is 0.432 e. The molecule has 0 saturated heterocycles. The van der Waals surface area contributed by atoms with E-state index in [9.17, 15) is 18.0 Å². The van der Waals surface area contributed by atoms with E-state index in [2.05, 4.69) is 20.0 Å². The second kappa shape index (κ2) is 11.0. The first-order valence-corrected chi connectivity index (χ1v) is 14.8. The Balaban J connectivity index is 2.26. The van der Waals surface area contributed by atoms with Gasteiger partial charge in [-0.1, -0.05) is 88.5 Å². The number of rotatable bonds is 10. The Bertz CT molecular complexity index is 693. The lowest BCUT2D eigenvalue weighted by Crippen LogP contribution is -2.54. The fourth-order valence-electron chi connectivity index (χ4n) is 4.93. The van der Waals surface area contributed by atoms with Crippen molar-refractivity contribution in [2.45, 2.75) is 101 Å². The lowest BCUT2D eigenvalue weighted by Gasteiger charge is -2.42. The highest BCUT2D eigenvalue weighted by molar-refractivity contribution is 6.79. The van der Waals surface area contributed by atoms with Gasteiger partial charge in [0.25, 0.3) is 5.60 Å². The topological polar surface area (TPSA) is 35.5 Å². The summed E-state index contributed by atoms with van der Waals surface area (Å²) in [4.78, 5) is 13.1. The number of hydrogen-bond donors (Lipinski definition) is 0. The zero-order chi connectivity index (χ0) is 23.1. The monoisotopic (exact) mass is 458 g/mol. The molecule has 176 valence electrons. The standard InChI is InChI=1S/C24H37F3O3Si/c1-5-6-7-13-18-31(3,4)21-17-12-11-16-20(21)30-22(28)23(29-2,24(25,26)27)19-14-9-8-10-15-19/h8-10,14-15,20-21H,5-7,11-13,16-18H2,1-4H3/t20-,21+,23-/m1/s1. The van der Waals surface area contributed by atoms with E-state index < -0.39 is 31.9 Å². The van der Waals surface area contributed by atoms with Crippen LogP contribution in [-0.2, 0) is 19.9 Å². The van der Waals surface area contributed by atoms with Gasteiger partial charge in [0.2, 0.25) is 0 Å². The molecule has 0 N–H and O–H groups in total. The van der Waals surface area contributed by atoms with Gasteiger partial charge in [-0.25, -0.2) is 4.79 Å². The Morgan fingerprint density at radius 2 is 1.71 bits per heavy atom. The Kier molecular flexibility index (Phi) is 9.19. The molecule has 0 aromatic heterocycles. The van der Waals surface area contributed by atoms with Crippen LogP contribution in [0.1, 0.15) is 63.9 Å². The van der Waals surface area contributed by atoms with Gasteiger partial charge < -0.3 is 9.47 Å². The summed E-state index contributed by atoms with van der Waals surface area (Å²) in [5.74, 6) is -1.35. The number of carbonyl (C=O) groups excluding carboxylic acids is 1. The first kappa shape index (κ1) is 25.9. The molecule has 1 aromatic rings. The number of halogens is 3. The minimum absolute atomic E-state index is 0.172. The molecule has 0 spiro atoms. The third-order valence-corrected chi connectivity index (χ3v) is 11.1. The van der Waals surface area contributed by atoms with Crippen LogP contribution in [0.3, 0.4) is 0 Å². The molecule has 1 saturated carbocycles. The molecule has 1 aromatic carbocycles. The van der Waals surface area contributed by atoms with Gasteiger partial charge in [-0.15, -0.1) is 0 Å². The highest BCUT2D eigenvalue weighted by Gasteiger charge is 2.64. The van der Waals surface area contributed by atoms with Crippen LogP contribution in [0.25, 0.3) is 0 Å². The molecule has 3 nitrogen and oxygen atoms in total. The molecular formula is C24H37F3O3Si. The quantitative estimate of drug-likeness (QED) is 0.211. The van der Waals surface area contributed by atoms with E-state index in [1.807, 2.05) is 0 Å². The summed E-state index contributed by atoms with van der Waals surface area (Å²) in [6, 6.07) is 8.19. The van der Waals surface area contributed by atoms with Crippen molar-refractivity contribution < 1.29 is 27.4 Å². The number of benzene rings is 1. The average Bonchev–Trinajstić information content (AvgIpc) is 2.72. The average molecular weight is 459 g/mol. The maximum absolute atomic E-state index is 14.2. The first-order chi connectivity index (χ1) is 14.6. The van der Waals surface area contributed by atoms with Crippen molar-refractivity contribution in [1.82, 2.24) is 0 Å². The SMILES string of the molecule is CCCCCC[Si](C)(C)[C@H]1CCCC[C@H]1OC(=O)[C@](OC)(c1ccccc1)C(F)(F)F. The molecule has 7 heteroatoms. The molecular weight excluding hydrogens is 421 g/mol. The lowest BCUT2D eigenvalue weighted by molar-refractivity contribution is -0.278. The van der Waals surface area contributed by atoms with Gasteiger partial charge in [0.1, 0.15) is 6.10 Å². The second-order valence-electron chi connectivity index (χ2n) is 9.38. The number of ether oxygens (including phenoxy) is 2. The van der Waals surface area contributed by atoms with Gasteiger partial charge in [-0.2, -0.15) is 13.2 Å². The summed E-state index contributed by atoms with van der Waals surface area (Å²) < 4.78 is 53.3. The van der Waals surface area contributed by atoms with E-state index in [0.29, 0.717) is 6.42 Å². The number of hydrogen-bond acceptors (Lipinski definition) is 3. The van der Waals surface area contributed by atoms with Crippen LogP contribution in [0.5, 0.6) is 0 Å². The summed E-state index contributed by atoms with van der Waals surface area (Å²) in [5, 5.41) is 0. The lowest BCUT2D eigenvalue weighted by atomic mass is 9.92. The first-order valence-electron chi connectivity index (χ1n) is 11.5. The van der Waals surface area contributed by atoms with Crippen molar-refractivity contribution in [3.63, 3.8) is 0 Å². The van der Waals surface area contributed by atoms with Crippen LogP contribution in [0.15, 0.2) is 30.3 Å². The van der Waals surface area contributed by atoms with E-state index in [1.165, 1.54) is 43.5 Å². The predicted molar refractivity (Wildman–Crippen MR) is 120 cm³/mol. The van der Waals surface area contributed by atoms with Gasteiger partial charge in [0.15, 0.2) is 0 Å². The van der Waals surface area contributed by atoms with Crippen molar-refractivity contribution in [3.05, 3.63) is 35.9 Å². The van der Waals surface area contributed by atoms with Crippen molar-refractivity contribution in [2.75, 3.05) is 7.11 Å². The predicted octanol–water partition coefficient (Wildman–Crippen LogP) is 7.24. The van der Waals surface area contributed by atoms with Crippen LogP contribution in [0.4, 0.5) is 13.2 Å². The second-order valence-corrected chi connectivity index (χ2v) is 14.6. The van der Waals surface area contributed by atoms with Crippen molar-refractivity contribution in [1.29, 1.82) is 0 Å². The molecule has 1 aliphatic rings. The van der Waals surface area contributed by atoms with Gasteiger partial charge in [-0.3, -0.25) is 0 Å². The summed E-state index contributed by atoms with van der Waals surface area (Å²) in [6.07, 6.45) is 2.72. The zero-order valence-electron chi connectivity index (χ0n) is 19.3. The van der Waals surface area contributed by atoms with Gasteiger partial charge in [0, 0.05) is 12.7 Å². The fraction of sp³-hybridized carbons (Fsp3) is 0.708. The number of unbranched alkanes of at least 4 members (excludes halogenated alkanes) is 3. The van der Waals surface area contributed by atoms with E-state index >= 15 is 0 Å². The Labute approximate surface area is 185 Å². The van der Waals surface area contributed by atoms with Gasteiger partial charge in [-0.05, 0) is 24.8 Å². The molecule has 0 bridgehead atoms. The van der Waals surface area contributed by atoms with Crippen LogP contribution in [0, 0.1) is 0 Å². The summed E-state index contributed by atoms with van der Waals surface area (Å²) >= 11 is 0. The molecule has 0 aliphatic heterocycles. The van der Waals surface area contributed by atoms with E-state index in [0.717, 1.165) is 38.8 Å². The maximum atomic E-state index is 14.2. The highest BCUT2D eigenvalue weighted by Crippen LogP contribution is 2.46. The highest BCUT2D eigenvalue weighted by atomic mass is 28.3. The van der Waals surface area contributed by atoms with Crippen LogP contribution in [0.2, 0.25) is 24.7 Å². The summed E-state index contributed by atoms with van der Waals surface area (Å²) in [5.41, 5.74) is -3.19. The third-order valence-electron chi connectivity index (χ3n) is 6.81. The van der Waals surface area contributed by atoms with Gasteiger partial charge in [0.05, 0.1) is 8.07 Å². The van der Waals surface area contributed by atoms with Crippen LogP contribution < -0.4 is 0 Å². The minimum Gasteiger partial charge on any atom is -0.460 e. The van der Waals surface area contributed by atoms with Crippen molar-refractivity contribution >= 4 is 14.0 Å². The molecule has 3 atom stereocenters. The molecule has 2 rings (SSSR count). The van der Waals surface area contributed by atoms with Gasteiger partial charge >= 0.3 is 12.1 Å². The van der Waals surface area contributed by atoms with Crippen LogP contribution in [-0.4, -0.2) is 33.4 Å². The molecule has 1 fully saturated rings. The largest absolute Gasteiger partial charge is 0.460 e. The summed E-state index contributed by atoms with van der Waals surface area (Å²) in [7, 11) is -0.853. The van der Waals surface area contributed by atoms with E-state index in [1.54, 1.807) is 6.07 Å². The molecule has 0 heterocycles. The fourth-order valence-corrected chi connectivity index (χ4v) is 8.69. The molecule has 0 radical (unpaired) electrons. The number of alkyl halides is 3. The van der Waals surface area contributed by atoms with Crippen molar-refractivity contribution in [2.24, 2.45) is 0 Å². The smallest absolute Gasteiger partial charge is 0.432 e. The van der Waals surface area contributed by atoms with Crippen molar-refractivity contribution in [3.8, 4) is 0 Å². The Hall–Kier alpha value is -1.34. The minimum atomic E-state index is -4.93. The Morgan fingerprint density at radius 3 is 2.29 bits per heavy atom. The van der Waals surface area contributed by atoms with Crippen LogP contribution >= 0.6 is 0 Å². The number of esters is 1. The molecule has 1 aliphatic carbocycles. The summed E-state index contributed by atoms with van der Waals surface area (Å²) in [6.45, 7) is 6.76. The molecule has 0 amide bonds. The number of carbonyl (C=O) groups is 1. The Morgan fingerprint density at radius 1 is 1.06 bits per heavy atom. The molecule has 0 unspecified atom stereocenters.